The SMILES string of the molecule is COc1ccc(CN2CCn3c(nc4c(cnn4C4CCCC4)c3=O)C2)cc1. The van der Waals surface area contributed by atoms with E-state index < -0.39 is 0 Å². The molecule has 0 spiro atoms. The van der Waals surface area contributed by atoms with E-state index in [1.54, 1.807) is 13.3 Å². The molecule has 2 aliphatic rings. The molecular weight excluding hydrogens is 354 g/mol. The Morgan fingerprint density at radius 2 is 1.93 bits per heavy atom. The average molecular weight is 379 g/mol. The van der Waals surface area contributed by atoms with E-state index in [-0.39, 0.29) is 5.56 Å². The number of benzene rings is 1. The Kier molecular flexibility index (Phi) is 4.39. The van der Waals surface area contributed by atoms with Crippen LogP contribution in [0.1, 0.15) is 43.1 Å². The Labute approximate surface area is 163 Å². The first-order chi connectivity index (χ1) is 13.7. The molecule has 146 valence electrons. The van der Waals surface area contributed by atoms with Crippen LogP contribution in [-0.4, -0.2) is 37.9 Å². The van der Waals surface area contributed by atoms with E-state index in [4.69, 9.17) is 9.72 Å². The summed E-state index contributed by atoms with van der Waals surface area (Å²) in [6.07, 6.45) is 6.41. The lowest BCUT2D eigenvalue weighted by molar-refractivity contribution is 0.204. The number of methoxy groups -OCH3 is 1. The highest BCUT2D eigenvalue weighted by atomic mass is 16.5. The lowest BCUT2D eigenvalue weighted by atomic mass is 10.2. The first-order valence-electron chi connectivity index (χ1n) is 10.0. The predicted octanol–water partition coefficient (Wildman–Crippen LogP) is 2.73. The van der Waals surface area contributed by atoms with Gasteiger partial charge in [0.15, 0.2) is 5.65 Å². The Morgan fingerprint density at radius 3 is 2.68 bits per heavy atom. The lowest BCUT2D eigenvalue weighted by Crippen LogP contribution is -2.39. The summed E-state index contributed by atoms with van der Waals surface area (Å²) in [6, 6.07) is 8.53. The molecule has 1 aliphatic heterocycles. The van der Waals surface area contributed by atoms with Crippen molar-refractivity contribution < 1.29 is 4.74 Å². The Balaban J connectivity index is 1.43. The summed E-state index contributed by atoms with van der Waals surface area (Å²) in [5.74, 6) is 1.71. The van der Waals surface area contributed by atoms with E-state index in [1.807, 2.05) is 21.4 Å². The monoisotopic (exact) mass is 379 g/mol. The molecule has 7 heteroatoms. The molecule has 0 atom stereocenters. The average Bonchev–Trinajstić information content (AvgIpc) is 3.38. The van der Waals surface area contributed by atoms with Gasteiger partial charge in [0, 0.05) is 19.6 Å². The van der Waals surface area contributed by atoms with Gasteiger partial charge in [0.05, 0.1) is 25.9 Å². The van der Waals surface area contributed by atoms with Crippen molar-refractivity contribution in [1.82, 2.24) is 24.2 Å². The summed E-state index contributed by atoms with van der Waals surface area (Å²) < 4.78 is 9.06. The molecule has 0 unspecified atom stereocenters. The van der Waals surface area contributed by atoms with Crippen molar-refractivity contribution in [2.24, 2.45) is 0 Å². The van der Waals surface area contributed by atoms with E-state index in [9.17, 15) is 4.79 Å². The van der Waals surface area contributed by atoms with Crippen molar-refractivity contribution in [1.29, 1.82) is 0 Å². The maximum absolute atomic E-state index is 13.0. The minimum absolute atomic E-state index is 0.0494. The molecule has 3 heterocycles. The lowest BCUT2D eigenvalue weighted by Gasteiger charge is -2.29. The van der Waals surface area contributed by atoms with Gasteiger partial charge in [-0.25, -0.2) is 9.67 Å². The van der Waals surface area contributed by atoms with Crippen LogP contribution in [-0.2, 0) is 19.6 Å². The molecule has 5 rings (SSSR count). The largest absolute Gasteiger partial charge is 0.497 e. The Morgan fingerprint density at radius 1 is 1.14 bits per heavy atom. The van der Waals surface area contributed by atoms with Crippen LogP contribution in [0, 0.1) is 0 Å². The van der Waals surface area contributed by atoms with E-state index in [0.29, 0.717) is 24.5 Å². The highest BCUT2D eigenvalue weighted by Crippen LogP contribution is 2.30. The van der Waals surface area contributed by atoms with Gasteiger partial charge >= 0.3 is 0 Å². The zero-order valence-corrected chi connectivity index (χ0v) is 16.2. The summed E-state index contributed by atoms with van der Waals surface area (Å²) in [6.45, 7) is 3.01. The van der Waals surface area contributed by atoms with Crippen LogP contribution in [0.25, 0.3) is 11.0 Å². The molecule has 0 N–H and O–H groups in total. The molecule has 0 radical (unpaired) electrons. The second kappa shape index (κ2) is 7.05. The van der Waals surface area contributed by atoms with Gasteiger partial charge in [-0.1, -0.05) is 25.0 Å². The Bertz CT molecular complexity index is 1050. The van der Waals surface area contributed by atoms with Gasteiger partial charge in [-0.2, -0.15) is 5.10 Å². The molecule has 1 saturated carbocycles. The van der Waals surface area contributed by atoms with E-state index in [2.05, 4.69) is 22.1 Å². The molecule has 0 amide bonds. The molecule has 3 aromatic rings. The van der Waals surface area contributed by atoms with Gasteiger partial charge in [-0.15, -0.1) is 0 Å². The molecular formula is C21H25N5O2. The highest BCUT2D eigenvalue weighted by molar-refractivity contribution is 5.73. The fourth-order valence-electron chi connectivity index (χ4n) is 4.48. The number of hydrogen-bond acceptors (Lipinski definition) is 5. The standard InChI is InChI=1S/C21H25N5O2/c1-28-17-8-6-15(7-9-17)13-24-10-11-25-19(14-24)23-20-18(21(25)27)12-22-26(20)16-4-2-3-5-16/h6-9,12,16H,2-5,10-11,13-14H2,1H3. The van der Waals surface area contributed by atoms with Crippen molar-refractivity contribution >= 4 is 11.0 Å². The van der Waals surface area contributed by atoms with E-state index in [0.717, 1.165) is 43.2 Å². The molecule has 7 nitrogen and oxygen atoms in total. The normalized spacial score (nSPS) is 17.9. The van der Waals surface area contributed by atoms with Crippen LogP contribution < -0.4 is 10.3 Å². The van der Waals surface area contributed by atoms with Crippen LogP contribution in [0.2, 0.25) is 0 Å². The van der Waals surface area contributed by atoms with Gasteiger partial charge < -0.3 is 4.74 Å². The summed E-state index contributed by atoms with van der Waals surface area (Å²) in [5, 5.41) is 5.18. The van der Waals surface area contributed by atoms with Crippen LogP contribution in [0.3, 0.4) is 0 Å². The highest BCUT2D eigenvalue weighted by Gasteiger charge is 2.25. The zero-order valence-electron chi connectivity index (χ0n) is 16.2. The van der Waals surface area contributed by atoms with Crippen LogP contribution in [0.5, 0.6) is 5.75 Å². The van der Waals surface area contributed by atoms with Crippen LogP contribution in [0.15, 0.2) is 35.3 Å². The fraction of sp³-hybridized carbons (Fsp3) is 0.476. The number of fused-ring (bicyclic) bond motifs is 2. The summed E-state index contributed by atoms with van der Waals surface area (Å²) >= 11 is 0. The second-order valence-corrected chi connectivity index (χ2v) is 7.81. The summed E-state index contributed by atoms with van der Waals surface area (Å²) in [5.41, 5.74) is 2.04. The molecule has 0 saturated heterocycles. The smallest absolute Gasteiger partial charge is 0.264 e. The van der Waals surface area contributed by atoms with Crippen molar-refractivity contribution in [2.75, 3.05) is 13.7 Å². The maximum atomic E-state index is 13.0. The second-order valence-electron chi connectivity index (χ2n) is 7.81. The van der Waals surface area contributed by atoms with Gasteiger partial charge in [-0.3, -0.25) is 14.3 Å². The number of hydrogen-bond donors (Lipinski definition) is 0. The molecule has 2 aromatic heterocycles. The first kappa shape index (κ1) is 17.4. The van der Waals surface area contributed by atoms with Gasteiger partial charge in [0.1, 0.15) is 17.0 Å². The van der Waals surface area contributed by atoms with Crippen molar-refractivity contribution in [3.63, 3.8) is 0 Å². The van der Waals surface area contributed by atoms with Gasteiger partial charge in [0.2, 0.25) is 0 Å². The zero-order chi connectivity index (χ0) is 19.1. The third-order valence-electron chi connectivity index (χ3n) is 6.03. The molecule has 0 bridgehead atoms. The fourth-order valence-corrected chi connectivity index (χ4v) is 4.48. The van der Waals surface area contributed by atoms with Crippen molar-refractivity contribution in [3.8, 4) is 5.75 Å². The van der Waals surface area contributed by atoms with Crippen LogP contribution in [0.4, 0.5) is 0 Å². The van der Waals surface area contributed by atoms with Gasteiger partial charge in [-0.05, 0) is 30.5 Å². The molecule has 1 fully saturated rings. The summed E-state index contributed by atoms with van der Waals surface area (Å²) in [7, 11) is 1.68. The molecule has 1 aliphatic carbocycles. The predicted molar refractivity (Wildman–Crippen MR) is 106 cm³/mol. The summed E-state index contributed by atoms with van der Waals surface area (Å²) in [4.78, 5) is 20.2. The van der Waals surface area contributed by atoms with Crippen molar-refractivity contribution in [3.05, 3.63) is 52.2 Å². The number of rotatable bonds is 4. The third kappa shape index (κ3) is 2.99. The van der Waals surface area contributed by atoms with Crippen LogP contribution >= 0.6 is 0 Å². The quantitative estimate of drug-likeness (QED) is 0.697. The Hall–Kier alpha value is -2.67. The van der Waals surface area contributed by atoms with E-state index in [1.165, 1.54) is 18.4 Å². The third-order valence-corrected chi connectivity index (χ3v) is 6.03. The molecule has 28 heavy (non-hydrogen) atoms. The van der Waals surface area contributed by atoms with Crippen molar-refractivity contribution in [2.45, 2.75) is 51.4 Å². The van der Waals surface area contributed by atoms with Gasteiger partial charge in [0.25, 0.3) is 5.56 Å². The number of nitrogens with zero attached hydrogens (tertiary/aromatic N) is 5. The first-order valence-corrected chi connectivity index (χ1v) is 10.0. The maximum Gasteiger partial charge on any atom is 0.264 e. The number of aromatic nitrogens is 4. The minimum Gasteiger partial charge on any atom is -0.497 e. The number of ether oxygens (including phenoxy) is 1. The minimum atomic E-state index is 0.0494. The molecule has 1 aromatic carbocycles. The van der Waals surface area contributed by atoms with E-state index >= 15 is 0 Å². The topological polar surface area (TPSA) is 65.2 Å².